The highest BCUT2D eigenvalue weighted by molar-refractivity contribution is 6.33. The van der Waals surface area contributed by atoms with Crippen LogP contribution in [0.25, 0.3) is 0 Å². The first-order chi connectivity index (χ1) is 5.54. The van der Waals surface area contributed by atoms with E-state index in [-0.39, 0.29) is 10.6 Å². The third-order valence-electron chi connectivity index (χ3n) is 1.43. The molecule has 1 aromatic rings. The van der Waals surface area contributed by atoms with Crippen molar-refractivity contribution in [3.8, 4) is 0 Å². The molecule has 12 heavy (non-hydrogen) atoms. The Morgan fingerprint density at radius 2 is 2.25 bits per heavy atom. The van der Waals surface area contributed by atoms with Gasteiger partial charge in [0.05, 0.1) is 5.02 Å². The van der Waals surface area contributed by atoms with E-state index in [2.05, 4.69) is 0 Å². The smallest absolute Gasteiger partial charge is 0.342 e. The summed E-state index contributed by atoms with van der Waals surface area (Å²) in [6.45, 7) is 0. The Morgan fingerprint density at radius 3 is 2.67 bits per heavy atom. The first-order valence-corrected chi connectivity index (χ1v) is 3.50. The van der Waals surface area contributed by atoms with Crippen molar-refractivity contribution in [2.24, 2.45) is 7.05 Å². The summed E-state index contributed by atoms with van der Waals surface area (Å²) < 4.78 is 1.16. The molecule has 0 radical (unpaired) electrons. The molecule has 1 aromatic heterocycles. The fourth-order valence-corrected chi connectivity index (χ4v) is 1.02. The number of hydrogen-bond acceptors (Lipinski definition) is 2. The molecule has 1 rings (SSSR count). The molecule has 0 atom stereocenters. The Labute approximate surface area is 73.0 Å². The highest BCUT2D eigenvalue weighted by Gasteiger charge is 2.13. The quantitative estimate of drug-likeness (QED) is 0.706. The Bertz CT molecular complexity index is 383. The summed E-state index contributed by atoms with van der Waals surface area (Å²) in [7, 11) is 1.46. The number of aryl methyl sites for hydroxylation is 1. The van der Waals surface area contributed by atoms with Gasteiger partial charge in [0.15, 0.2) is 0 Å². The largest absolute Gasteiger partial charge is 0.477 e. The van der Waals surface area contributed by atoms with Crippen LogP contribution in [0.1, 0.15) is 10.4 Å². The van der Waals surface area contributed by atoms with Crippen LogP contribution in [0, 0.1) is 0 Å². The molecule has 0 amide bonds. The van der Waals surface area contributed by atoms with Gasteiger partial charge in [-0.15, -0.1) is 0 Å². The molecular formula is C7H6ClNO3. The van der Waals surface area contributed by atoms with Gasteiger partial charge >= 0.3 is 5.97 Å². The molecule has 64 valence electrons. The summed E-state index contributed by atoms with van der Waals surface area (Å²) in [6.07, 6.45) is 1.41. The third-order valence-corrected chi connectivity index (χ3v) is 1.75. The summed E-state index contributed by atoms with van der Waals surface area (Å²) >= 11 is 5.50. The highest BCUT2D eigenvalue weighted by Crippen LogP contribution is 2.09. The zero-order valence-corrected chi connectivity index (χ0v) is 7.00. The lowest BCUT2D eigenvalue weighted by molar-refractivity contribution is 0.0694. The second-order valence-electron chi connectivity index (χ2n) is 2.26. The van der Waals surface area contributed by atoms with Gasteiger partial charge in [0.2, 0.25) is 0 Å². The number of nitrogens with zero attached hydrogens (tertiary/aromatic N) is 1. The molecule has 0 aromatic carbocycles. The predicted molar refractivity (Wildman–Crippen MR) is 43.7 cm³/mol. The maximum atomic E-state index is 11.1. The van der Waals surface area contributed by atoms with Crippen molar-refractivity contribution in [3.05, 3.63) is 33.2 Å². The minimum absolute atomic E-state index is 0.0365. The van der Waals surface area contributed by atoms with Crippen LogP contribution < -0.4 is 5.56 Å². The Kier molecular flexibility index (Phi) is 2.19. The van der Waals surface area contributed by atoms with Crippen LogP contribution in [0.2, 0.25) is 5.02 Å². The standard InChI is InChI=1S/C7H6ClNO3/c1-9-3-2-4(8)5(6(9)10)7(11)12/h2-3H,1H3,(H,11,12). The molecule has 4 nitrogen and oxygen atoms in total. The number of halogens is 1. The molecule has 1 heterocycles. The van der Waals surface area contributed by atoms with Crippen LogP contribution in [-0.4, -0.2) is 15.6 Å². The molecular weight excluding hydrogens is 182 g/mol. The van der Waals surface area contributed by atoms with E-state index in [1.807, 2.05) is 0 Å². The molecule has 1 N–H and O–H groups in total. The number of hydrogen-bond donors (Lipinski definition) is 1. The number of rotatable bonds is 1. The van der Waals surface area contributed by atoms with E-state index < -0.39 is 11.5 Å². The third kappa shape index (κ3) is 1.33. The minimum Gasteiger partial charge on any atom is -0.477 e. The lowest BCUT2D eigenvalue weighted by atomic mass is 10.3. The number of pyridine rings is 1. The van der Waals surface area contributed by atoms with Crippen molar-refractivity contribution in [1.29, 1.82) is 0 Å². The predicted octanol–water partition coefficient (Wildman–Crippen LogP) is 0.737. The van der Waals surface area contributed by atoms with Crippen LogP contribution in [0.15, 0.2) is 17.1 Å². The number of carboxylic acid groups (broad SMARTS) is 1. The number of carboxylic acids is 1. The summed E-state index contributed by atoms with van der Waals surface area (Å²) in [5, 5.41) is 8.54. The monoisotopic (exact) mass is 187 g/mol. The second kappa shape index (κ2) is 2.98. The summed E-state index contributed by atoms with van der Waals surface area (Å²) in [4.78, 5) is 21.6. The zero-order valence-electron chi connectivity index (χ0n) is 6.24. The first-order valence-electron chi connectivity index (χ1n) is 3.12. The van der Waals surface area contributed by atoms with E-state index in [1.54, 1.807) is 0 Å². The average molecular weight is 188 g/mol. The molecule has 5 heteroatoms. The summed E-state index contributed by atoms with van der Waals surface area (Å²) in [5.41, 5.74) is -0.989. The molecule has 0 aliphatic carbocycles. The van der Waals surface area contributed by atoms with Crippen molar-refractivity contribution >= 4 is 17.6 Å². The number of aromatic carboxylic acids is 1. The van der Waals surface area contributed by atoms with Crippen molar-refractivity contribution in [1.82, 2.24) is 4.57 Å². The van der Waals surface area contributed by atoms with Crippen LogP contribution in [-0.2, 0) is 7.05 Å². The Balaban J connectivity index is 3.55. The SMILES string of the molecule is Cn1ccc(Cl)c(C(=O)O)c1=O. The van der Waals surface area contributed by atoms with Crippen molar-refractivity contribution < 1.29 is 9.90 Å². The molecule has 0 fully saturated rings. The van der Waals surface area contributed by atoms with Crippen LogP contribution >= 0.6 is 11.6 Å². The maximum absolute atomic E-state index is 11.1. The van der Waals surface area contributed by atoms with Gasteiger partial charge in [-0.3, -0.25) is 4.79 Å². The van der Waals surface area contributed by atoms with Gasteiger partial charge in [-0.1, -0.05) is 11.6 Å². The Morgan fingerprint density at radius 1 is 1.67 bits per heavy atom. The molecule has 0 spiro atoms. The summed E-state index contributed by atoms with van der Waals surface area (Å²) in [6, 6.07) is 1.37. The van der Waals surface area contributed by atoms with Gasteiger partial charge in [-0.25, -0.2) is 4.79 Å². The molecule has 0 aliphatic heterocycles. The fraction of sp³-hybridized carbons (Fsp3) is 0.143. The van der Waals surface area contributed by atoms with Gasteiger partial charge < -0.3 is 9.67 Å². The molecule has 0 bridgehead atoms. The first kappa shape index (κ1) is 8.80. The maximum Gasteiger partial charge on any atom is 0.342 e. The lowest BCUT2D eigenvalue weighted by Gasteiger charge is -2.00. The molecule has 0 saturated heterocycles. The van der Waals surface area contributed by atoms with Gasteiger partial charge in [-0.2, -0.15) is 0 Å². The molecule has 0 saturated carbocycles. The summed E-state index contributed by atoms with van der Waals surface area (Å²) in [5.74, 6) is -1.30. The van der Waals surface area contributed by atoms with Crippen LogP contribution in [0.5, 0.6) is 0 Å². The van der Waals surface area contributed by atoms with E-state index in [4.69, 9.17) is 16.7 Å². The van der Waals surface area contributed by atoms with Crippen molar-refractivity contribution in [3.63, 3.8) is 0 Å². The topological polar surface area (TPSA) is 59.3 Å². The average Bonchev–Trinajstić information content (AvgIpc) is 1.97. The second-order valence-corrected chi connectivity index (χ2v) is 2.67. The van der Waals surface area contributed by atoms with Gasteiger partial charge in [0.25, 0.3) is 5.56 Å². The van der Waals surface area contributed by atoms with Gasteiger partial charge in [0, 0.05) is 13.2 Å². The fourth-order valence-electron chi connectivity index (χ4n) is 0.800. The zero-order chi connectivity index (χ0) is 9.30. The minimum atomic E-state index is -1.30. The normalized spacial score (nSPS) is 9.83. The van der Waals surface area contributed by atoms with Crippen molar-refractivity contribution in [2.45, 2.75) is 0 Å². The van der Waals surface area contributed by atoms with Gasteiger partial charge in [0.1, 0.15) is 5.56 Å². The van der Waals surface area contributed by atoms with E-state index >= 15 is 0 Å². The van der Waals surface area contributed by atoms with Crippen molar-refractivity contribution in [2.75, 3.05) is 0 Å². The van der Waals surface area contributed by atoms with Gasteiger partial charge in [-0.05, 0) is 6.07 Å². The highest BCUT2D eigenvalue weighted by atomic mass is 35.5. The van der Waals surface area contributed by atoms with E-state index in [0.717, 1.165) is 4.57 Å². The van der Waals surface area contributed by atoms with E-state index in [1.165, 1.54) is 19.3 Å². The van der Waals surface area contributed by atoms with Crippen LogP contribution in [0.3, 0.4) is 0 Å². The number of aromatic nitrogens is 1. The van der Waals surface area contributed by atoms with Crippen LogP contribution in [0.4, 0.5) is 0 Å². The number of carbonyl (C=O) groups is 1. The lowest BCUT2D eigenvalue weighted by Crippen LogP contribution is -2.23. The van der Waals surface area contributed by atoms with E-state index in [0.29, 0.717) is 0 Å². The molecule has 0 aliphatic rings. The van der Waals surface area contributed by atoms with E-state index in [9.17, 15) is 9.59 Å². The molecule has 0 unspecified atom stereocenters. The Hall–Kier alpha value is -1.29.